The highest BCUT2D eigenvalue weighted by molar-refractivity contribution is 6.39. The van der Waals surface area contributed by atoms with Crippen molar-refractivity contribution < 1.29 is 19.1 Å². The third-order valence-corrected chi connectivity index (χ3v) is 5.22. The summed E-state index contributed by atoms with van der Waals surface area (Å²) in [6, 6.07) is 9.61. The summed E-state index contributed by atoms with van der Waals surface area (Å²) in [4.78, 5) is 38.6. The van der Waals surface area contributed by atoms with E-state index in [1.54, 1.807) is 31.2 Å². The molecule has 0 saturated carbocycles. The average Bonchev–Trinajstić information content (AvgIpc) is 3.01. The van der Waals surface area contributed by atoms with E-state index in [0.717, 1.165) is 22.6 Å². The molecule has 1 atom stereocenters. The van der Waals surface area contributed by atoms with Crippen LogP contribution in [0.25, 0.3) is 6.08 Å². The van der Waals surface area contributed by atoms with Crippen LogP contribution in [0.5, 0.6) is 5.75 Å². The van der Waals surface area contributed by atoms with Crippen molar-refractivity contribution in [3.05, 3.63) is 63.7 Å². The van der Waals surface area contributed by atoms with Gasteiger partial charge in [-0.3, -0.25) is 14.9 Å². The number of hydrogen-bond donors (Lipinski definition) is 1. The van der Waals surface area contributed by atoms with Gasteiger partial charge in [0.1, 0.15) is 17.4 Å². The highest BCUT2D eigenvalue weighted by atomic mass is 35.5. The van der Waals surface area contributed by atoms with E-state index in [1.807, 2.05) is 19.1 Å². The summed E-state index contributed by atoms with van der Waals surface area (Å²) in [6.07, 6.45) is 2.34. The lowest BCUT2D eigenvalue weighted by molar-refractivity contribution is -0.122. The van der Waals surface area contributed by atoms with E-state index in [0.29, 0.717) is 21.8 Å². The van der Waals surface area contributed by atoms with E-state index >= 15 is 0 Å². The molecule has 0 unspecified atom stereocenters. The number of carbonyl (C=O) groups is 3. The number of carbonyl (C=O) groups excluding carboxylic acids is 3. The quantitative estimate of drug-likeness (QED) is 0.621. The van der Waals surface area contributed by atoms with Gasteiger partial charge >= 0.3 is 6.03 Å². The number of rotatable bonds is 2. The van der Waals surface area contributed by atoms with Crippen LogP contribution in [0, 0.1) is 6.92 Å². The molecule has 6 nitrogen and oxygen atoms in total. The summed E-state index contributed by atoms with van der Waals surface area (Å²) < 4.78 is 5.68. The van der Waals surface area contributed by atoms with E-state index < -0.39 is 17.8 Å². The van der Waals surface area contributed by atoms with Crippen LogP contribution in [0.3, 0.4) is 0 Å². The highest BCUT2D eigenvalue weighted by Gasteiger charge is 2.37. The lowest BCUT2D eigenvalue weighted by Crippen LogP contribution is -2.54. The zero-order valence-corrected chi connectivity index (χ0v) is 16.0. The van der Waals surface area contributed by atoms with E-state index in [4.69, 9.17) is 16.3 Å². The Morgan fingerprint density at radius 2 is 2.00 bits per heavy atom. The highest BCUT2D eigenvalue weighted by Crippen LogP contribution is 2.32. The average molecular weight is 397 g/mol. The molecule has 0 radical (unpaired) electrons. The predicted molar refractivity (Wildman–Crippen MR) is 105 cm³/mol. The van der Waals surface area contributed by atoms with Gasteiger partial charge in [-0.1, -0.05) is 23.7 Å². The SMILES string of the molecule is Cc1c(Cl)cccc1N1C(=O)NC(=O)/C(=C/c2ccc3c(c2)C[C@H](C)O3)C1=O. The summed E-state index contributed by atoms with van der Waals surface area (Å²) >= 11 is 6.13. The van der Waals surface area contributed by atoms with Crippen molar-refractivity contribution in [3.63, 3.8) is 0 Å². The molecule has 2 aliphatic rings. The molecule has 7 heteroatoms. The molecule has 0 aromatic heterocycles. The Labute approximate surface area is 166 Å². The first-order valence-electron chi connectivity index (χ1n) is 8.81. The third kappa shape index (κ3) is 3.05. The number of hydrogen-bond acceptors (Lipinski definition) is 4. The molecule has 0 aliphatic carbocycles. The molecule has 4 rings (SSSR count). The van der Waals surface area contributed by atoms with Crippen LogP contribution in [-0.2, 0) is 16.0 Å². The van der Waals surface area contributed by atoms with Gasteiger partial charge in [0.05, 0.1) is 5.69 Å². The second-order valence-corrected chi connectivity index (χ2v) is 7.25. The molecule has 2 aliphatic heterocycles. The van der Waals surface area contributed by atoms with Gasteiger partial charge in [0, 0.05) is 11.4 Å². The number of anilines is 1. The second-order valence-electron chi connectivity index (χ2n) is 6.84. The fourth-order valence-corrected chi connectivity index (χ4v) is 3.58. The van der Waals surface area contributed by atoms with Gasteiger partial charge in [-0.25, -0.2) is 9.69 Å². The molecule has 2 aromatic rings. The maximum absolute atomic E-state index is 13.0. The summed E-state index contributed by atoms with van der Waals surface area (Å²) in [6.45, 7) is 3.69. The molecule has 2 heterocycles. The van der Waals surface area contributed by atoms with Crippen LogP contribution >= 0.6 is 11.6 Å². The number of imide groups is 2. The molecule has 142 valence electrons. The lowest BCUT2D eigenvalue weighted by Gasteiger charge is -2.27. The maximum atomic E-state index is 13.0. The maximum Gasteiger partial charge on any atom is 0.335 e. The Balaban J connectivity index is 1.73. The van der Waals surface area contributed by atoms with Gasteiger partial charge in [-0.2, -0.15) is 0 Å². The van der Waals surface area contributed by atoms with Gasteiger partial charge < -0.3 is 4.74 Å². The van der Waals surface area contributed by atoms with E-state index in [2.05, 4.69) is 5.32 Å². The van der Waals surface area contributed by atoms with E-state index in [1.165, 1.54) is 6.08 Å². The van der Waals surface area contributed by atoms with E-state index in [9.17, 15) is 14.4 Å². The number of fused-ring (bicyclic) bond motifs is 1. The number of urea groups is 1. The molecule has 2 aromatic carbocycles. The number of nitrogens with one attached hydrogen (secondary N) is 1. The smallest absolute Gasteiger partial charge is 0.335 e. The monoisotopic (exact) mass is 396 g/mol. The Kier molecular flexibility index (Phi) is 4.43. The van der Waals surface area contributed by atoms with Crippen molar-refractivity contribution in [1.29, 1.82) is 0 Å². The summed E-state index contributed by atoms with van der Waals surface area (Å²) in [5.41, 5.74) is 2.50. The fourth-order valence-electron chi connectivity index (χ4n) is 3.41. The van der Waals surface area contributed by atoms with Crippen molar-refractivity contribution in [2.24, 2.45) is 0 Å². The lowest BCUT2D eigenvalue weighted by atomic mass is 10.0. The van der Waals surface area contributed by atoms with Crippen molar-refractivity contribution in [2.45, 2.75) is 26.4 Å². The molecular formula is C21H17ClN2O4. The van der Waals surface area contributed by atoms with Crippen LogP contribution < -0.4 is 15.0 Å². The first-order valence-corrected chi connectivity index (χ1v) is 9.19. The van der Waals surface area contributed by atoms with Crippen molar-refractivity contribution >= 4 is 41.2 Å². The van der Waals surface area contributed by atoms with Crippen molar-refractivity contribution in [1.82, 2.24) is 5.32 Å². The molecular weight excluding hydrogens is 380 g/mol. The second kappa shape index (κ2) is 6.80. The van der Waals surface area contributed by atoms with Crippen LogP contribution in [0.15, 0.2) is 42.0 Å². The van der Waals surface area contributed by atoms with Crippen molar-refractivity contribution in [3.8, 4) is 5.75 Å². The largest absolute Gasteiger partial charge is 0.490 e. The molecule has 1 saturated heterocycles. The van der Waals surface area contributed by atoms with Crippen LogP contribution in [0.2, 0.25) is 5.02 Å². The molecule has 0 bridgehead atoms. The summed E-state index contributed by atoms with van der Waals surface area (Å²) in [7, 11) is 0. The molecule has 4 amide bonds. The number of amides is 4. The summed E-state index contributed by atoms with van der Waals surface area (Å²) in [5.74, 6) is -0.610. The zero-order valence-electron chi connectivity index (χ0n) is 15.3. The van der Waals surface area contributed by atoms with E-state index in [-0.39, 0.29) is 11.7 Å². The minimum absolute atomic E-state index is 0.0939. The van der Waals surface area contributed by atoms with Gasteiger partial charge in [0.2, 0.25) is 0 Å². The Morgan fingerprint density at radius 3 is 2.79 bits per heavy atom. The zero-order chi connectivity index (χ0) is 20.0. The number of ether oxygens (including phenoxy) is 1. The normalized spacial score (nSPS) is 20.2. The van der Waals surface area contributed by atoms with Crippen molar-refractivity contribution in [2.75, 3.05) is 4.90 Å². The van der Waals surface area contributed by atoms with Crippen LogP contribution in [0.1, 0.15) is 23.6 Å². The Hall–Kier alpha value is -3.12. The molecule has 1 N–H and O–H groups in total. The number of nitrogens with zero attached hydrogens (tertiary/aromatic N) is 1. The molecule has 1 fully saturated rings. The first kappa shape index (κ1) is 18.3. The number of barbiturate groups is 1. The topological polar surface area (TPSA) is 75.7 Å². The number of halogens is 1. The summed E-state index contributed by atoms with van der Waals surface area (Å²) in [5, 5.41) is 2.65. The van der Waals surface area contributed by atoms with Gasteiger partial charge in [0.15, 0.2) is 0 Å². The van der Waals surface area contributed by atoms with Gasteiger partial charge in [-0.05, 0) is 60.9 Å². The minimum Gasteiger partial charge on any atom is -0.490 e. The molecule has 28 heavy (non-hydrogen) atoms. The number of benzene rings is 2. The van der Waals surface area contributed by atoms with Gasteiger partial charge in [0.25, 0.3) is 11.8 Å². The van der Waals surface area contributed by atoms with Crippen LogP contribution in [0.4, 0.5) is 10.5 Å². The fraction of sp³-hybridized carbons (Fsp3) is 0.190. The first-order chi connectivity index (χ1) is 13.3. The Bertz CT molecular complexity index is 1060. The standard InChI is InChI=1S/C21H17ClN2O4/c1-11-8-14-9-13(6-7-18(14)28-11)10-15-19(25)23-21(27)24(20(15)26)17-5-3-4-16(22)12(17)2/h3-7,9-11H,8H2,1-2H3,(H,23,25,27)/b15-10-/t11-/m0/s1. The minimum atomic E-state index is -0.798. The predicted octanol–water partition coefficient (Wildman–Crippen LogP) is 3.64. The van der Waals surface area contributed by atoms with Crippen LogP contribution in [-0.4, -0.2) is 23.9 Å². The molecule has 0 spiro atoms. The Morgan fingerprint density at radius 1 is 1.21 bits per heavy atom. The van der Waals surface area contributed by atoms with Gasteiger partial charge in [-0.15, -0.1) is 0 Å². The third-order valence-electron chi connectivity index (χ3n) is 4.81.